The van der Waals surface area contributed by atoms with Crippen molar-refractivity contribution in [1.82, 2.24) is 15.2 Å². The summed E-state index contributed by atoms with van der Waals surface area (Å²) in [4.78, 5) is 29.2. The zero-order chi connectivity index (χ0) is 25.3. The van der Waals surface area contributed by atoms with Crippen LogP contribution in [0.1, 0.15) is 28.4 Å². The molecule has 1 fully saturated rings. The van der Waals surface area contributed by atoms with E-state index >= 15 is 0 Å². The van der Waals surface area contributed by atoms with Crippen LogP contribution in [0, 0.1) is 0 Å². The number of aliphatic hydroxyl groups excluding tert-OH is 1. The lowest BCUT2D eigenvalue weighted by Gasteiger charge is -2.23. The number of amides is 3. The number of aliphatic hydroxyl groups is 1. The average Bonchev–Trinajstić information content (AvgIpc) is 3.12. The first kappa shape index (κ1) is 25.1. The summed E-state index contributed by atoms with van der Waals surface area (Å²) in [5, 5.41) is 12.1. The predicted molar refractivity (Wildman–Crippen MR) is 101 cm³/mol. The number of methoxy groups -OCH3 is 1. The van der Waals surface area contributed by atoms with Gasteiger partial charge in [-0.3, -0.25) is 4.98 Å². The van der Waals surface area contributed by atoms with Gasteiger partial charge in [0.1, 0.15) is 11.8 Å². The third-order valence-electron chi connectivity index (χ3n) is 4.96. The molecule has 8 nitrogen and oxygen atoms in total. The van der Waals surface area contributed by atoms with Crippen molar-refractivity contribution in [2.24, 2.45) is 0 Å². The number of benzene rings is 1. The molecule has 1 aliphatic rings. The number of carbonyl (C=O) groups excluding carboxylic acids is 2. The molecule has 1 aliphatic heterocycles. The molecule has 34 heavy (non-hydrogen) atoms. The standard InChI is InChI=1S/C20H17F6N3O5/c1-33-15-2-3-27-7-11(15)8-28-17(31)29-14(9-30)16(34-18(29)32)10-4-12(19(21,22)23)6-13(5-10)20(24,25)26/h2-7,14,16,30H,8-9H2,1H3,(H,28,31)/t14-,16+/m0/s1. The minimum Gasteiger partial charge on any atom is -0.496 e. The highest BCUT2D eigenvalue weighted by Gasteiger charge is 2.47. The molecular weight excluding hydrogens is 476 g/mol. The second-order valence-corrected chi connectivity index (χ2v) is 7.11. The van der Waals surface area contributed by atoms with E-state index in [1.165, 1.54) is 25.6 Å². The summed E-state index contributed by atoms with van der Waals surface area (Å²) >= 11 is 0. The van der Waals surface area contributed by atoms with Crippen molar-refractivity contribution in [3.05, 3.63) is 58.9 Å². The number of imide groups is 1. The fourth-order valence-corrected chi connectivity index (χ4v) is 3.36. The monoisotopic (exact) mass is 493 g/mol. The van der Waals surface area contributed by atoms with Crippen LogP contribution in [0.3, 0.4) is 0 Å². The Labute approximate surface area is 188 Å². The molecule has 0 unspecified atom stereocenters. The quantitative estimate of drug-likeness (QED) is 0.613. The van der Waals surface area contributed by atoms with Crippen LogP contribution in [0.2, 0.25) is 0 Å². The molecular formula is C20H17F6N3O5. The number of ether oxygens (including phenoxy) is 2. The first-order valence-electron chi connectivity index (χ1n) is 9.51. The maximum absolute atomic E-state index is 13.2. The lowest BCUT2D eigenvalue weighted by Crippen LogP contribution is -2.47. The van der Waals surface area contributed by atoms with Gasteiger partial charge in [-0.05, 0) is 29.8 Å². The van der Waals surface area contributed by atoms with Crippen molar-refractivity contribution in [2.75, 3.05) is 13.7 Å². The Balaban J connectivity index is 1.89. The van der Waals surface area contributed by atoms with Gasteiger partial charge in [-0.1, -0.05) is 0 Å². The summed E-state index contributed by atoms with van der Waals surface area (Å²) in [6.45, 7) is -1.18. The fraction of sp³-hybridized carbons (Fsp3) is 0.350. The SMILES string of the molecule is COc1ccncc1CNC(=O)N1C(=O)O[C@H](c2cc(C(F)(F)F)cc(C(F)(F)F)c2)[C@@H]1CO. The maximum atomic E-state index is 13.2. The summed E-state index contributed by atoms with van der Waals surface area (Å²) in [6, 6.07) is -0.521. The number of halogens is 6. The lowest BCUT2D eigenvalue weighted by atomic mass is 9.97. The highest BCUT2D eigenvalue weighted by atomic mass is 19.4. The zero-order valence-corrected chi connectivity index (χ0v) is 17.3. The van der Waals surface area contributed by atoms with Crippen molar-refractivity contribution in [3.8, 4) is 5.75 Å². The molecule has 0 saturated carbocycles. The van der Waals surface area contributed by atoms with Crippen molar-refractivity contribution in [2.45, 2.75) is 31.0 Å². The molecule has 3 amide bonds. The number of hydrogen-bond acceptors (Lipinski definition) is 6. The summed E-state index contributed by atoms with van der Waals surface area (Å²) in [5.74, 6) is 0.361. The topological polar surface area (TPSA) is 101 Å². The molecule has 3 rings (SSSR count). The average molecular weight is 493 g/mol. The van der Waals surface area contributed by atoms with E-state index < -0.39 is 59.9 Å². The van der Waals surface area contributed by atoms with Crippen LogP contribution < -0.4 is 10.1 Å². The number of pyridine rings is 1. The Morgan fingerprint density at radius 2 is 1.79 bits per heavy atom. The van der Waals surface area contributed by atoms with Crippen molar-refractivity contribution in [3.63, 3.8) is 0 Å². The molecule has 1 aromatic carbocycles. The number of carbonyl (C=O) groups is 2. The first-order valence-corrected chi connectivity index (χ1v) is 9.51. The highest BCUT2D eigenvalue weighted by molar-refractivity contribution is 5.93. The van der Waals surface area contributed by atoms with E-state index in [0.717, 1.165) is 0 Å². The van der Waals surface area contributed by atoms with Crippen LogP contribution in [0.25, 0.3) is 0 Å². The zero-order valence-electron chi connectivity index (χ0n) is 17.3. The number of aromatic nitrogens is 1. The van der Waals surface area contributed by atoms with Crippen LogP contribution in [-0.2, 0) is 23.6 Å². The summed E-state index contributed by atoms with van der Waals surface area (Å²) in [7, 11) is 1.37. The van der Waals surface area contributed by atoms with Gasteiger partial charge in [0.05, 0.1) is 24.8 Å². The second kappa shape index (κ2) is 9.37. The van der Waals surface area contributed by atoms with E-state index in [2.05, 4.69) is 10.3 Å². The highest BCUT2D eigenvalue weighted by Crippen LogP contribution is 2.40. The van der Waals surface area contributed by atoms with Gasteiger partial charge in [0, 0.05) is 24.5 Å². The van der Waals surface area contributed by atoms with Gasteiger partial charge in [-0.15, -0.1) is 0 Å². The van der Waals surface area contributed by atoms with Gasteiger partial charge in [-0.25, -0.2) is 14.5 Å². The number of hydrogen-bond donors (Lipinski definition) is 2. The molecule has 0 radical (unpaired) electrons. The van der Waals surface area contributed by atoms with Crippen LogP contribution in [0.5, 0.6) is 5.75 Å². The molecule has 1 saturated heterocycles. The Kier molecular flexibility index (Phi) is 6.91. The van der Waals surface area contributed by atoms with E-state index in [1.54, 1.807) is 0 Å². The van der Waals surface area contributed by atoms with Gasteiger partial charge in [0.25, 0.3) is 0 Å². The van der Waals surface area contributed by atoms with Gasteiger partial charge in [0.2, 0.25) is 0 Å². The Hall–Kier alpha value is -3.55. The number of cyclic esters (lactones) is 1. The van der Waals surface area contributed by atoms with E-state index in [9.17, 15) is 41.0 Å². The second-order valence-electron chi connectivity index (χ2n) is 7.11. The van der Waals surface area contributed by atoms with Crippen LogP contribution >= 0.6 is 0 Å². The van der Waals surface area contributed by atoms with Crippen molar-refractivity contribution < 1.29 is 50.5 Å². The Bertz CT molecular complexity index is 1040. The van der Waals surface area contributed by atoms with Gasteiger partial charge < -0.3 is 19.9 Å². The molecule has 1 aromatic heterocycles. The predicted octanol–water partition coefficient (Wildman–Crippen LogP) is 3.89. The minimum atomic E-state index is -5.13. The smallest absolute Gasteiger partial charge is 0.419 e. The van der Waals surface area contributed by atoms with Gasteiger partial charge in [-0.2, -0.15) is 26.3 Å². The van der Waals surface area contributed by atoms with E-state index in [0.29, 0.717) is 28.3 Å². The Morgan fingerprint density at radius 1 is 1.18 bits per heavy atom. The maximum Gasteiger partial charge on any atom is 0.419 e. The molecule has 0 bridgehead atoms. The molecule has 184 valence electrons. The van der Waals surface area contributed by atoms with Crippen LogP contribution in [-0.4, -0.2) is 46.9 Å². The summed E-state index contributed by atoms with van der Waals surface area (Å²) in [6.07, 6.45) is -10.6. The molecule has 0 aliphatic carbocycles. The van der Waals surface area contributed by atoms with E-state index in [1.807, 2.05) is 0 Å². The first-order chi connectivity index (χ1) is 15.9. The lowest BCUT2D eigenvalue weighted by molar-refractivity contribution is -0.143. The number of nitrogens with one attached hydrogen (secondary N) is 1. The molecule has 14 heteroatoms. The van der Waals surface area contributed by atoms with Crippen LogP contribution in [0.15, 0.2) is 36.7 Å². The summed E-state index contributed by atoms with van der Waals surface area (Å²) < 4.78 is 89.2. The number of nitrogens with zero attached hydrogens (tertiary/aromatic N) is 2. The number of urea groups is 1. The Morgan fingerprint density at radius 3 is 2.32 bits per heavy atom. The van der Waals surface area contributed by atoms with Gasteiger partial charge in [0.15, 0.2) is 6.10 Å². The van der Waals surface area contributed by atoms with Gasteiger partial charge >= 0.3 is 24.5 Å². The molecule has 2 atom stereocenters. The largest absolute Gasteiger partial charge is 0.496 e. The molecule has 0 spiro atoms. The van der Waals surface area contributed by atoms with Crippen molar-refractivity contribution >= 4 is 12.1 Å². The molecule has 2 aromatic rings. The number of alkyl halides is 6. The fourth-order valence-electron chi connectivity index (χ4n) is 3.36. The van der Waals surface area contributed by atoms with Crippen LogP contribution in [0.4, 0.5) is 35.9 Å². The third kappa shape index (κ3) is 5.16. The normalized spacial score (nSPS) is 18.6. The third-order valence-corrected chi connectivity index (χ3v) is 4.96. The molecule has 2 heterocycles. The number of rotatable bonds is 5. The van der Waals surface area contributed by atoms with E-state index in [-0.39, 0.29) is 12.6 Å². The van der Waals surface area contributed by atoms with Crippen molar-refractivity contribution in [1.29, 1.82) is 0 Å². The molecule has 2 N–H and O–H groups in total. The minimum absolute atomic E-state index is 0.0833. The van der Waals surface area contributed by atoms with E-state index in [4.69, 9.17) is 9.47 Å². The summed E-state index contributed by atoms with van der Waals surface area (Å²) in [5.41, 5.74) is -3.53.